The molecule has 0 heterocycles. The average molecular weight is 391 g/mol. The highest BCUT2D eigenvalue weighted by Crippen LogP contribution is 2.44. The molecule has 0 radical (unpaired) electrons. The Morgan fingerprint density at radius 1 is 0.680 bits per heavy atom. The lowest BCUT2D eigenvalue weighted by molar-refractivity contribution is 0.131. The Labute approximate surface area is 159 Å². The lowest BCUT2D eigenvalue weighted by atomic mass is 9.83. The summed E-state index contributed by atoms with van der Waals surface area (Å²) in [5.41, 5.74) is 0. The summed E-state index contributed by atoms with van der Waals surface area (Å²) in [5.74, 6) is 1.03. The van der Waals surface area contributed by atoms with Crippen molar-refractivity contribution in [1.29, 1.82) is 0 Å². The van der Waals surface area contributed by atoms with Gasteiger partial charge in [-0.2, -0.15) is 0 Å². The summed E-state index contributed by atoms with van der Waals surface area (Å²) >= 11 is 0. The Hall–Kier alpha value is 0.314. The van der Waals surface area contributed by atoms with E-state index in [4.69, 9.17) is 14.3 Å². The Balaban J connectivity index is 0.000000496. The number of rotatable bonds is 4. The van der Waals surface area contributed by atoms with Crippen LogP contribution in [0.5, 0.6) is 0 Å². The summed E-state index contributed by atoms with van der Waals surface area (Å²) in [5, 5.41) is 18.2. The normalized spacial score (nSPS) is 23.0. The third-order valence-corrected chi connectivity index (χ3v) is 17.9. The van der Waals surface area contributed by atoms with Crippen molar-refractivity contribution in [2.24, 2.45) is 11.8 Å². The standard InChI is InChI=1S/C12H30OSi2.C8H16O2/c1-11(2,3)14(7,8)13-15(9,10)12(4,5)6;9-5-7-1-2-8(6-10)4-3-7/h1-10H3;7-10H,1-6H2. The van der Waals surface area contributed by atoms with Gasteiger partial charge >= 0.3 is 0 Å². The molecule has 0 spiro atoms. The Morgan fingerprint density at radius 2 is 0.920 bits per heavy atom. The van der Waals surface area contributed by atoms with Gasteiger partial charge in [-0.3, -0.25) is 0 Å². The lowest BCUT2D eigenvalue weighted by Crippen LogP contribution is -2.53. The first-order chi connectivity index (χ1) is 11.1. The predicted molar refractivity (Wildman–Crippen MR) is 115 cm³/mol. The number of aliphatic hydroxyl groups is 2. The third-order valence-electron chi connectivity index (χ3n) is 6.61. The first-order valence-corrected chi connectivity index (χ1v) is 15.8. The zero-order valence-corrected chi connectivity index (χ0v) is 20.7. The lowest BCUT2D eigenvalue weighted by Gasteiger charge is -2.47. The van der Waals surface area contributed by atoms with E-state index in [-0.39, 0.29) is 0 Å². The van der Waals surface area contributed by atoms with E-state index in [9.17, 15) is 0 Å². The molecule has 0 amide bonds. The van der Waals surface area contributed by atoms with Crippen molar-refractivity contribution in [3.8, 4) is 0 Å². The van der Waals surface area contributed by atoms with Crippen molar-refractivity contribution in [3.05, 3.63) is 0 Å². The third kappa shape index (κ3) is 8.25. The fraction of sp³-hybridized carbons (Fsp3) is 1.00. The maximum atomic E-state index is 8.79. The van der Waals surface area contributed by atoms with Crippen molar-refractivity contribution in [3.63, 3.8) is 0 Å². The molecule has 152 valence electrons. The molecule has 0 saturated heterocycles. The van der Waals surface area contributed by atoms with Gasteiger partial charge in [-0.15, -0.1) is 0 Å². The molecule has 2 N–H and O–H groups in total. The van der Waals surface area contributed by atoms with Gasteiger partial charge < -0.3 is 14.3 Å². The van der Waals surface area contributed by atoms with Crippen molar-refractivity contribution in [2.45, 2.75) is 103 Å². The maximum absolute atomic E-state index is 8.79. The van der Waals surface area contributed by atoms with Crippen LogP contribution >= 0.6 is 0 Å². The van der Waals surface area contributed by atoms with Gasteiger partial charge in [0.05, 0.1) is 0 Å². The van der Waals surface area contributed by atoms with E-state index < -0.39 is 16.6 Å². The monoisotopic (exact) mass is 390 g/mol. The number of aliphatic hydroxyl groups excluding tert-OH is 2. The molecule has 0 aromatic rings. The number of hydrogen-bond acceptors (Lipinski definition) is 3. The van der Waals surface area contributed by atoms with Crippen LogP contribution in [0, 0.1) is 11.8 Å². The zero-order valence-electron chi connectivity index (χ0n) is 18.7. The van der Waals surface area contributed by atoms with Crippen LogP contribution < -0.4 is 0 Å². The highest BCUT2D eigenvalue weighted by molar-refractivity contribution is 6.87. The van der Waals surface area contributed by atoms with Crippen LogP contribution in [-0.2, 0) is 4.12 Å². The van der Waals surface area contributed by atoms with E-state index in [0.29, 0.717) is 35.1 Å². The molecule has 0 unspecified atom stereocenters. The van der Waals surface area contributed by atoms with Crippen LogP contribution in [0.3, 0.4) is 0 Å². The van der Waals surface area contributed by atoms with E-state index in [0.717, 1.165) is 25.7 Å². The van der Waals surface area contributed by atoms with Crippen LogP contribution in [0.1, 0.15) is 67.2 Å². The van der Waals surface area contributed by atoms with Gasteiger partial charge in [0.2, 0.25) is 0 Å². The van der Waals surface area contributed by atoms with Gasteiger partial charge in [-0.1, -0.05) is 41.5 Å². The maximum Gasteiger partial charge on any atom is 0.178 e. The quantitative estimate of drug-likeness (QED) is 0.597. The molecule has 0 bridgehead atoms. The van der Waals surface area contributed by atoms with Crippen molar-refractivity contribution in [1.82, 2.24) is 0 Å². The fourth-order valence-electron chi connectivity index (χ4n) is 2.54. The van der Waals surface area contributed by atoms with Crippen LogP contribution in [0.2, 0.25) is 36.3 Å². The molecule has 0 aromatic heterocycles. The Morgan fingerprint density at radius 3 is 1.08 bits per heavy atom. The summed E-state index contributed by atoms with van der Waals surface area (Å²) < 4.78 is 6.63. The summed E-state index contributed by atoms with van der Waals surface area (Å²) in [7, 11) is -3.18. The summed E-state index contributed by atoms with van der Waals surface area (Å²) in [6, 6.07) is 0. The van der Waals surface area contributed by atoms with Gasteiger partial charge in [0.25, 0.3) is 0 Å². The second-order valence-electron chi connectivity index (χ2n) is 10.9. The van der Waals surface area contributed by atoms with E-state index in [1.807, 2.05) is 0 Å². The SMILES string of the molecule is CC(C)(C)[Si](C)(C)O[Si](C)(C)C(C)(C)C.OCC1CCC(CO)CC1. The molecule has 25 heavy (non-hydrogen) atoms. The zero-order chi connectivity index (χ0) is 20.1. The topological polar surface area (TPSA) is 49.7 Å². The molecule has 1 aliphatic rings. The fourth-order valence-corrected chi connectivity index (χ4v) is 10.1. The molecular weight excluding hydrogens is 344 g/mol. The predicted octanol–water partition coefficient (Wildman–Crippen LogP) is 5.79. The molecule has 1 fully saturated rings. The smallest absolute Gasteiger partial charge is 0.178 e. The van der Waals surface area contributed by atoms with Crippen molar-refractivity contribution >= 4 is 16.6 Å². The Kier molecular flexibility index (Phi) is 9.61. The van der Waals surface area contributed by atoms with Crippen molar-refractivity contribution < 1.29 is 14.3 Å². The van der Waals surface area contributed by atoms with Crippen LogP contribution in [0.4, 0.5) is 0 Å². The van der Waals surface area contributed by atoms with Gasteiger partial charge in [-0.05, 0) is 73.8 Å². The summed E-state index contributed by atoms with van der Waals surface area (Å²) in [4.78, 5) is 0. The van der Waals surface area contributed by atoms with Crippen LogP contribution in [0.25, 0.3) is 0 Å². The number of hydrogen-bond donors (Lipinski definition) is 2. The second-order valence-corrected chi connectivity index (χ2v) is 20.7. The van der Waals surface area contributed by atoms with Crippen molar-refractivity contribution in [2.75, 3.05) is 13.2 Å². The van der Waals surface area contributed by atoms with E-state index >= 15 is 0 Å². The molecule has 5 heteroatoms. The van der Waals surface area contributed by atoms with E-state index in [1.54, 1.807) is 0 Å². The Bertz CT molecular complexity index is 337. The van der Waals surface area contributed by atoms with Gasteiger partial charge in [0, 0.05) is 13.2 Å². The first kappa shape index (κ1) is 25.3. The molecular formula is C20H46O3Si2. The van der Waals surface area contributed by atoms with Crippen LogP contribution in [0.15, 0.2) is 0 Å². The minimum Gasteiger partial charge on any atom is -0.455 e. The summed E-state index contributed by atoms with van der Waals surface area (Å²) in [6.45, 7) is 24.0. The average Bonchev–Trinajstić information content (AvgIpc) is 2.44. The van der Waals surface area contributed by atoms with Gasteiger partial charge in [0.1, 0.15) is 0 Å². The molecule has 1 saturated carbocycles. The van der Waals surface area contributed by atoms with Gasteiger partial charge in [0.15, 0.2) is 16.6 Å². The molecule has 0 atom stereocenters. The summed E-state index contributed by atoms with van der Waals surface area (Å²) in [6.07, 6.45) is 4.40. The first-order valence-electron chi connectivity index (χ1n) is 9.99. The van der Waals surface area contributed by atoms with E-state index in [2.05, 4.69) is 67.7 Å². The van der Waals surface area contributed by atoms with Gasteiger partial charge in [-0.25, -0.2) is 0 Å². The molecule has 3 nitrogen and oxygen atoms in total. The highest BCUT2D eigenvalue weighted by Gasteiger charge is 2.46. The van der Waals surface area contributed by atoms with Crippen LogP contribution in [-0.4, -0.2) is 40.1 Å². The molecule has 1 rings (SSSR count). The molecule has 0 aromatic carbocycles. The van der Waals surface area contributed by atoms with E-state index in [1.165, 1.54) is 0 Å². The minimum atomic E-state index is -1.59. The minimum absolute atomic E-state index is 0.322. The molecule has 0 aliphatic heterocycles. The molecule has 1 aliphatic carbocycles. The second kappa shape index (κ2) is 9.49. The highest BCUT2D eigenvalue weighted by atomic mass is 28.4. The largest absolute Gasteiger partial charge is 0.455 e.